The van der Waals surface area contributed by atoms with E-state index in [1.807, 2.05) is 12.1 Å². The van der Waals surface area contributed by atoms with E-state index in [9.17, 15) is 4.79 Å². The fraction of sp³-hybridized carbons (Fsp3) is 0.471. The highest BCUT2D eigenvalue weighted by Gasteiger charge is 2.21. The van der Waals surface area contributed by atoms with Gasteiger partial charge in [-0.3, -0.25) is 9.78 Å². The molecule has 1 saturated heterocycles. The van der Waals surface area contributed by atoms with Gasteiger partial charge < -0.3 is 14.7 Å². The molecule has 6 heteroatoms. The number of aromatic nitrogens is 2. The number of amides is 1. The molecule has 23 heavy (non-hydrogen) atoms. The standard InChI is InChI=1S/C17H22N4O2/c1-13-15(16(20-23-13)14-5-8-18-9-6-14)17(22)19-7-4-12-21-10-2-3-11-21/h5-6,8-9H,2-4,7,10-12H2,1H3,(H,19,22). The van der Waals surface area contributed by atoms with Crippen LogP contribution in [0.2, 0.25) is 0 Å². The number of pyridine rings is 1. The van der Waals surface area contributed by atoms with Crippen molar-refractivity contribution in [2.45, 2.75) is 26.2 Å². The van der Waals surface area contributed by atoms with Crippen molar-refractivity contribution < 1.29 is 9.32 Å². The third-order valence-corrected chi connectivity index (χ3v) is 4.18. The lowest BCUT2D eigenvalue weighted by Crippen LogP contribution is -2.29. The Morgan fingerprint density at radius 3 is 2.78 bits per heavy atom. The van der Waals surface area contributed by atoms with E-state index in [4.69, 9.17) is 4.52 Å². The zero-order valence-corrected chi connectivity index (χ0v) is 13.4. The van der Waals surface area contributed by atoms with Crippen LogP contribution in [0.15, 0.2) is 29.0 Å². The summed E-state index contributed by atoms with van der Waals surface area (Å²) in [5, 5.41) is 7.01. The maximum atomic E-state index is 12.5. The highest BCUT2D eigenvalue weighted by molar-refractivity contribution is 6.00. The van der Waals surface area contributed by atoms with Crippen LogP contribution in [0, 0.1) is 6.92 Å². The Bertz CT molecular complexity index is 648. The topological polar surface area (TPSA) is 71.3 Å². The van der Waals surface area contributed by atoms with Gasteiger partial charge in [0.15, 0.2) is 0 Å². The molecule has 0 aromatic carbocycles. The number of carbonyl (C=O) groups is 1. The lowest BCUT2D eigenvalue weighted by molar-refractivity contribution is 0.0951. The van der Waals surface area contributed by atoms with Crippen molar-refractivity contribution in [1.29, 1.82) is 0 Å². The van der Waals surface area contributed by atoms with E-state index >= 15 is 0 Å². The number of hydrogen-bond donors (Lipinski definition) is 1. The van der Waals surface area contributed by atoms with Gasteiger partial charge in [-0.15, -0.1) is 0 Å². The Hall–Kier alpha value is -2.21. The number of carbonyl (C=O) groups excluding carboxylic acids is 1. The predicted octanol–water partition coefficient (Wildman–Crippen LogP) is 2.26. The molecule has 122 valence electrons. The smallest absolute Gasteiger partial charge is 0.257 e. The second-order valence-corrected chi connectivity index (χ2v) is 5.86. The summed E-state index contributed by atoms with van der Waals surface area (Å²) in [6.07, 6.45) is 6.90. The van der Waals surface area contributed by atoms with Crippen LogP contribution in [0.5, 0.6) is 0 Å². The molecule has 2 aromatic heterocycles. The van der Waals surface area contributed by atoms with Crippen LogP contribution in [0.4, 0.5) is 0 Å². The van der Waals surface area contributed by atoms with Gasteiger partial charge in [0.1, 0.15) is 17.0 Å². The first-order valence-electron chi connectivity index (χ1n) is 8.13. The number of nitrogens with one attached hydrogen (secondary N) is 1. The van der Waals surface area contributed by atoms with Crippen LogP contribution in [0.3, 0.4) is 0 Å². The molecule has 6 nitrogen and oxygen atoms in total. The third-order valence-electron chi connectivity index (χ3n) is 4.18. The zero-order valence-electron chi connectivity index (χ0n) is 13.4. The number of aryl methyl sites for hydroxylation is 1. The normalized spacial score (nSPS) is 15.0. The SMILES string of the molecule is Cc1onc(-c2ccncc2)c1C(=O)NCCCN1CCCC1. The van der Waals surface area contributed by atoms with Crippen LogP contribution in [0.25, 0.3) is 11.3 Å². The number of nitrogens with zero attached hydrogens (tertiary/aromatic N) is 3. The second-order valence-electron chi connectivity index (χ2n) is 5.86. The Morgan fingerprint density at radius 1 is 1.30 bits per heavy atom. The zero-order chi connectivity index (χ0) is 16.1. The van der Waals surface area contributed by atoms with Gasteiger partial charge in [-0.05, 0) is 58.0 Å². The summed E-state index contributed by atoms with van der Waals surface area (Å²) in [6.45, 7) is 5.84. The average molecular weight is 314 g/mol. The fourth-order valence-corrected chi connectivity index (χ4v) is 2.95. The molecule has 0 unspecified atom stereocenters. The van der Waals surface area contributed by atoms with Crippen molar-refractivity contribution in [3.8, 4) is 11.3 Å². The largest absolute Gasteiger partial charge is 0.360 e. The molecular weight excluding hydrogens is 292 g/mol. The van der Waals surface area contributed by atoms with E-state index in [0.717, 1.165) is 18.5 Å². The van der Waals surface area contributed by atoms with Crippen molar-refractivity contribution in [3.05, 3.63) is 35.9 Å². The Morgan fingerprint density at radius 2 is 2.04 bits per heavy atom. The summed E-state index contributed by atoms with van der Waals surface area (Å²) in [6, 6.07) is 3.64. The lowest BCUT2D eigenvalue weighted by Gasteiger charge is -2.14. The van der Waals surface area contributed by atoms with Crippen LogP contribution in [-0.2, 0) is 0 Å². The van der Waals surface area contributed by atoms with E-state index in [1.165, 1.54) is 25.9 Å². The molecule has 1 N–H and O–H groups in total. The molecule has 0 radical (unpaired) electrons. The minimum Gasteiger partial charge on any atom is -0.360 e. The summed E-state index contributed by atoms with van der Waals surface area (Å²) in [5.41, 5.74) is 1.92. The van der Waals surface area contributed by atoms with Crippen LogP contribution in [-0.4, -0.2) is 47.1 Å². The lowest BCUT2D eigenvalue weighted by atomic mass is 10.1. The van der Waals surface area contributed by atoms with Crippen LogP contribution >= 0.6 is 0 Å². The summed E-state index contributed by atoms with van der Waals surface area (Å²) in [5.74, 6) is 0.408. The van der Waals surface area contributed by atoms with Gasteiger partial charge >= 0.3 is 0 Å². The fourth-order valence-electron chi connectivity index (χ4n) is 2.95. The van der Waals surface area contributed by atoms with Crippen molar-refractivity contribution >= 4 is 5.91 Å². The molecule has 0 saturated carbocycles. The molecule has 3 heterocycles. The van der Waals surface area contributed by atoms with E-state index in [-0.39, 0.29) is 5.91 Å². The minimum absolute atomic E-state index is 0.128. The maximum absolute atomic E-state index is 12.5. The Labute approximate surface area is 135 Å². The highest BCUT2D eigenvalue weighted by atomic mass is 16.5. The summed E-state index contributed by atoms with van der Waals surface area (Å²) in [4.78, 5) is 18.9. The number of likely N-dealkylation sites (tertiary alicyclic amines) is 1. The van der Waals surface area contributed by atoms with Gasteiger partial charge in [-0.25, -0.2) is 0 Å². The van der Waals surface area contributed by atoms with Gasteiger partial charge in [-0.2, -0.15) is 0 Å². The van der Waals surface area contributed by atoms with Gasteiger partial charge in [0.25, 0.3) is 5.91 Å². The summed E-state index contributed by atoms with van der Waals surface area (Å²) < 4.78 is 5.22. The van der Waals surface area contributed by atoms with Crippen molar-refractivity contribution in [2.75, 3.05) is 26.2 Å². The van der Waals surface area contributed by atoms with E-state index < -0.39 is 0 Å². The van der Waals surface area contributed by atoms with Gasteiger partial charge in [0.2, 0.25) is 0 Å². The number of hydrogen-bond acceptors (Lipinski definition) is 5. The van der Waals surface area contributed by atoms with E-state index in [2.05, 4.69) is 20.4 Å². The summed E-state index contributed by atoms with van der Waals surface area (Å²) in [7, 11) is 0. The monoisotopic (exact) mass is 314 g/mol. The Balaban J connectivity index is 1.60. The van der Waals surface area contributed by atoms with Gasteiger partial charge in [0, 0.05) is 24.5 Å². The molecule has 1 aliphatic rings. The van der Waals surface area contributed by atoms with Crippen molar-refractivity contribution in [2.24, 2.45) is 0 Å². The molecule has 1 aliphatic heterocycles. The molecule has 0 spiro atoms. The van der Waals surface area contributed by atoms with E-state index in [0.29, 0.717) is 23.6 Å². The average Bonchev–Trinajstić information content (AvgIpc) is 3.22. The molecule has 0 bridgehead atoms. The minimum atomic E-state index is -0.128. The summed E-state index contributed by atoms with van der Waals surface area (Å²) >= 11 is 0. The Kier molecular flexibility index (Phi) is 5.02. The predicted molar refractivity (Wildman–Crippen MR) is 87.1 cm³/mol. The maximum Gasteiger partial charge on any atom is 0.257 e. The van der Waals surface area contributed by atoms with Gasteiger partial charge in [0.05, 0.1) is 0 Å². The second kappa shape index (κ2) is 7.37. The van der Waals surface area contributed by atoms with Crippen molar-refractivity contribution in [3.63, 3.8) is 0 Å². The van der Waals surface area contributed by atoms with Crippen molar-refractivity contribution in [1.82, 2.24) is 20.4 Å². The molecule has 1 fully saturated rings. The van der Waals surface area contributed by atoms with Crippen LogP contribution < -0.4 is 5.32 Å². The third kappa shape index (κ3) is 3.76. The molecular formula is C17H22N4O2. The molecule has 0 aliphatic carbocycles. The van der Waals surface area contributed by atoms with E-state index in [1.54, 1.807) is 19.3 Å². The molecule has 1 amide bonds. The van der Waals surface area contributed by atoms with Gasteiger partial charge in [-0.1, -0.05) is 5.16 Å². The number of rotatable bonds is 6. The molecule has 0 atom stereocenters. The first-order valence-corrected chi connectivity index (χ1v) is 8.13. The highest BCUT2D eigenvalue weighted by Crippen LogP contribution is 2.24. The first-order chi connectivity index (χ1) is 11.3. The molecule has 3 rings (SSSR count). The molecule has 2 aromatic rings. The first kappa shape index (κ1) is 15.7. The van der Waals surface area contributed by atoms with Crippen LogP contribution in [0.1, 0.15) is 35.4 Å². The quantitative estimate of drug-likeness (QED) is 0.828.